The van der Waals surface area contributed by atoms with E-state index in [1.807, 2.05) is 19.9 Å². The predicted molar refractivity (Wildman–Crippen MR) is 172 cm³/mol. The van der Waals surface area contributed by atoms with E-state index in [1.54, 1.807) is 90.8 Å². The minimum Gasteiger partial charge on any atom is -0.490 e. The van der Waals surface area contributed by atoms with Crippen LogP contribution in [0.15, 0.2) is 73.1 Å². The number of nitrogens with one attached hydrogen (secondary N) is 1. The van der Waals surface area contributed by atoms with Crippen LogP contribution in [0.25, 0.3) is 0 Å². The highest BCUT2D eigenvalue weighted by molar-refractivity contribution is 6.05. The normalized spacial score (nSPS) is 20.2. The number of ether oxygens (including phenoxy) is 2. The summed E-state index contributed by atoms with van der Waals surface area (Å²) in [5, 5.41) is 13.1. The number of pyridine rings is 1. The van der Waals surface area contributed by atoms with E-state index in [0.717, 1.165) is 19.3 Å². The maximum atomic E-state index is 14.3. The smallest absolute Gasteiger partial charge is 0.258 e. The number of aliphatic hydroxyl groups is 1. The highest BCUT2D eigenvalue weighted by Gasteiger charge is 2.31. The number of anilines is 1. The summed E-state index contributed by atoms with van der Waals surface area (Å²) in [6.45, 7) is 6.58. The lowest BCUT2D eigenvalue weighted by Gasteiger charge is -2.36. The molecule has 2 heterocycles. The first-order valence-corrected chi connectivity index (χ1v) is 15.5. The summed E-state index contributed by atoms with van der Waals surface area (Å²) in [7, 11) is 1.74. The first-order valence-electron chi connectivity index (χ1n) is 15.5. The van der Waals surface area contributed by atoms with E-state index in [4.69, 9.17) is 9.47 Å². The molecule has 0 bridgehead atoms. The average Bonchev–Trinajstić information content (AvgIpc) is 3.06. The Morgan fingerprint density at radius 3 is 2.51 bits per heavy atom. The number of benzene rings is 2. The van der Waals surface area contributed by atoms with E-state index in [1.165, 1.54) is 0 Å². The Labute approximate surface area is 265 Å². The molecule has 0 unspecified atom stereocenters. The summed E-state index contributed by atoms with van der Waals surface area (Å²) >= 11 is 0. The van der Waals surface area contributed by atoms with Gasteiger partial charge in [-0.15, -0.1) is 0 Å². The van der Waals surface area contributed by atoms with Crippen LogP contribution in [0.5, 0.6) is 5.75 Å². The van der Waals surface area contributed by atoms with Crippen molar-refractivity contribution in [2.24, 2.45) is 5.92 Å². The Morgan fingerprint density at radius 2 is 1.80 bits per heavy atom. The number of hydrogen-bond acceptors (Lipinski definition) is 7. The third-order valence-electron chi connectivity index (χ3n) is 8.07. The molecule has 0 saturated heterocycles. The number of rotatable bonds is 7. The monoisotopic (exact) mass is 616 g/mol. The molecule has 3 amide bonds. The summed E-state index contributed by atoms with van der Waals surface area (Å²) in [4.78, 5) is 47.6. The van der Waals surface area contributed by atoms with Crippen LogP contribution in [0.1, 0.15) is 71.1 Å². The van der Waals surface area contributed by atoms with Gasteiger partial charge in [0.05, 0.1) is 30.4 Å². The molecule has 2 N–H and O–H groups in total. The van der Waals surface area contributed by atoms with Gasteiger partial charge in [0.25, 0.3) is 17.7 Å². The Morgan fingerprint density at radius 1 is 1.07 bits per heavy atom. The van der Waals surface area contributed by atoms with E-state index in [0.29, 0.717) is 41.3 Å². The van der Waals surface area contributed by atoms with Crippen molar-refractivity contribution < 1.29 is 29.0 Å². The van der Waals surface area contributed by atoms with Crippen LogP contribution in [-0.2, 0) is 4.74 Å². The van der Waals surface area contributed by atoms with Crippen LogP contribution in [-0.4, -0.2) is 89.2 Å². The third-order valence-corrected chi connectivity index (χ3v) is 8.07. The van der Waals surface area contributed by atoms with Crippen LogP contribution < -0.4 is 10.1 Å². The lowest BCUT2D eigenvalue weighted by Crippen LogP contribution is -2.48. The van der Waals surface area contributed by atoms with Crippen molar-refractivity contribution in [1.82, 2.24) is 14.8 Å². The van der Waals surface area contributed by atoms with Gasteiger partial charge < -0.3 is 29.7 Å². The maximum Gasteiger partial charge on any atom is 0.258 e. The van der Waals surface area contributed by atoms with Gasteiger partial charge in [-0.3, -0.25) is 19.4 Å². The van der Waals surface area contributed by atoms with E-state index >= 15 is 0 Å². The lowest BCUT2D eigenvalue weighted by molar-refractivity contribution is -0.0149. The number of hydrogen-bond donors (Lipinski definition) is 2. The molecule has 0 spiro atoms. The van der Waals surface area contributed by atoms with Gasteiger partial charge >= 0.3 is 0 Å². The van der Waals surface area contributed by atoms with Crippen LogP contribution in [0.4, 0.5) is 5.69 Å². The van der Waals surface area contributed by atoms with Crippen LogP contribution in [0.3, 0.4) is 0 Å². The molecule has 10 heteroatoms. The fourth-order valence-corrected chi connectivity index (χ4v) is 5.32. The maximum absolute atomic E-state index is 14.3. The zero-order valence-electron chi connectivity index (χ0n) is 26.5. The largest absolute Gasteiger partial charge is 0.490 e. The molecule has 1 aliphatic rings. The Hall–Kier alpha value is -4.28. The number of carbonyl (C=O) groups is 3. The van der Waals surface area contributed by atoms with E-state index in [2.05, 4.69) is 10.3 Å². The summed E-state index contributed by atoms with van der Waals surface area (Å²) < 4.78 is 12.6. The highest BCUT2D eigenvalue weighted by Crippen LogP contribution is 2.29. The van der Waals surface area contributed by atoms with Crippen molar-refractivity contribution in [3.05, 3.63) is 89.7 Å². The predicted octanol–water partition coefficient (Wildman–Crippen LogP) is 4.90. The van der Waals surface area contributed by atoms with Gasteiger partial charge in [-0.25, -0.2) is 0 Å². The quantitative estimate of drug-likeness (QED) is 0.387. The zero-order valence-corrected chi connectivity index (χ0v) is 26.5. The fourth-order valence-electron chi connectivity index (χ4n) is 5.32. The minimum atomic E-state index is -0.516. The molecule has 240 valence electrons. The Bertz CT molecular complexity index is 1420. The molecule has 0 radical (unpaired) electrons. The topological polar surface area (TPSA) is 121 Å². The van der Waals surface area contributed by atoms with Crippen molar-refractivity contribution in [3.63, 3.8) is 0 Å². The molecule has 3 aromatic rings. The van der Waals surface area contributed by atoms with E-state index in [-0.39, 0.29) is 49.0 Å². The molecule has 0 aliphatic carbocycles. The average molecular weight is 617 g/mol. The van der Waals surface area contributed by atoms with Crippen molar-refractivity contribution in [2.75, 3.05) is 38.7 Å². The SMILES string of the molecule is C[C@@H]1CN([C@H](C)CO)C(=O)c2cc(NC(=O)c3ccccc3)ccc2O[C@@H](C)CCCCO[C@H]1CN(C)C(=O)c1ccncc1. The molecule has 45 heavy (non-hydrogen) atoms. The second-order valence-corrected chi connectivity index (χ2v) is 11.8. The van der Waals surface area contributed by atoms with Gasteiger partial charge in [-0.05, 0) is 75.6 Å². The highest BCUT2D eigenvalue weighted by atomic mass is 16.5. The number of likely N-dealkylation sites (N-methyl/N-ethyl adjacent to an activating group) is 1. The second-order valence-electron chi connectivity index (χ2n) is 11.8. The molecule has 2 aromatic carbocycles. The number of nitrogens with zero attached hydrogens (tertiary/aromatic N) is 3. The Balaban J connectivity index is 1.63. The number of amides is 3. The summed E-state index contributed by atoms with van der Waals surface area (Å²) in [6, 6.07) is 16.8. The van der Waals surface area contributed by atoms with E-state index < -0.39 is 6.04 Å². The standard InChI is InChI=1S/C35H44N4O6/c1-24-21-39(25(2)23-40)35(43)30-20-29(37-33(41)27-11-6-5-7-12-27)13-14-31(30)45-26(3)10-8-9-19-44-32(24)22-38(4)34(42)28-15-17-36-18-16-28/h5-7,11-18,20,24-26,32,40H,8-10,19,21-23H2,1-4H3,(H,37,41)/t24-,25-,26+,32+/m1/s1. The minimum absolute atomic E-state index is 0.144. The van der Waals surface area contributed by atoms with Gasteiger partial charge in [-0.2, -0.15) is 0 Å². The molecule has 0 saturated carbocycles. The van der Waals surface area contributed by atoms with Crippen molar-refractivity contribution in [1.29, 1.82) is 0 Å². The van der Waals surface area contributed by atoms with Gasteiger partial charge in [-0.1, -0.05) is 25.1 Å². The number of aromatic nitrogens is 1. The first kappa shape index (κ1) is 33.6. The van der Waals surface area contributed by atoms with Gasteiger partial charge in [0.1, 0.15) is 5.75 Å². The molecule has 4 atom stereocenters. The molecule has 0 fully saturated rings. The molecular weight excluding hydrogens is 572 g/mol. The van der Waals surface area contributed by atoms with Gasteiger partial charge in [0.15, 0.2) is 0 Å². The number of aliphatic hydroxyl groups excluding tert-OH is 1. The van der Waals surface area contributed by atoms with Gasteiger partial charge in [0.2, 0.25) is 0 Å². The molecule has 1 aliphatic heterocycles. The Kier molecular flexibility index (Phi) is 12.1. The van der Waals surface area contributed by atoms with Crippen LogP contribution in [0.2, 0.25) is 0 Å². The summed E-state index contributed by atoms with van der Waals surface area (Å²) in [5.41, 5.74) is 1.78. The number of fused-ring (bicyclic) bond motifs is 1. The van der Waals surface area contributed by atoms with E-state index in [9.17, 15) is 19.5 Å². The molecular formula is C35H44N4O6. The lowest BCUT2D eigenvalue weighted by atomic mass is 10.0. The van der Waals surface area contributed by atoms with Crippen LogP contribution in [0, 0.1) is 5.92 Å². The summed E-state index contributed by atoms with van der Waals surface area (Å²) in [5.74, 6) is -0.547. The molecule has 10 nitrogen and oxygen atoms in total. The van der Waals surface area contributed by atoms with Gasteiger partial charge in [0, 0.05) is 61.9 Å². The van der Waals surface area contributed by atoms with Crippen molar-refractivity contribution >= 4 is 23.4 Å². The molecule has 4 rings (SSSR count). The zero-order chi connectivity index (χ0) is 32.3. The first-order chi connectivity index (χ1) is 21.7. The summed E-state index contributed by atoms with van der Waals surface area (Å²) in [6.07, 6.45) is 5.05. The fraction of sp³-hybridized carbons (Fsp3) is 0.429. The molecule has 1 aromatic heterocycles. The second kappa shape index (κ2) is 16.2. The van der Waals surface area contributed by atoms with Crippen molar-refractivity contribution in [2.45, 2.75) is 58.3 Å². The van der Waals surface area contributed by atoms with Crippen molar-refractivity contribution in [3.8, 4) is 5.75 Å². The third kappa shape index (κ3) is 9.12. The number of carbonyl (C=O) groups excluding carboxylic acids is 3. The van der Waals surface area contributed by atoms with Crippen LogP contribution >= 0.6 is 0 Å².